The van der Waals surface area contributed by atoms with E-state index in [1.54, 1.807) is 17.0 Å². The maximum atomic E-state index is 12.5. The predicted octanol–water partition coefficient (Wildman–Crippen LogP) is 3.46. The summed E-state index contributed by atoms with van der Waals surface area (Å²) >= 11 is 0. The van der Waals surface area contributed by atoms with Crippen LogP contribution in [0.4, 0.5) is 5.69 Å². The van der Waals surface area contributed by atoms with Gasteiger partial charge < -0.3 is 15.5 Å². The van der Waals surface area contributed by atoms with E-state index in [1.165, 1.54) is 0 Å². The van der Waals surface area contributed by atoms with Crippen LogP contribution in [0.1, 0.15) is 42.7 Å². The first-order valence-corrected chi connectivity index (χ1v) is 9.02. The van der Waals surface area contributed by atoms with Gasteiger partial charge in [0.1, 0.15) is 0 Å². The summed E-state index contributed by atoms with van der Waals surface area (Å²) in [5.41, 5.74) is 2.37. The van der Waals surface area contributed by atoms with Gasteiger partial charge in [-0.1, -0.05) is 36.4 Å². The van der Waals surface area contributed by atoms with Crippen LogP contribution in [0.3, 0.4) is 0 Å². The van der Waals surface area contributed by atoms with Gasteiger partial charge in [-0.15, -0.1) is 0 Å². The Kier molecular flexibility index (Phi) is 7.21. The number of amides is 2. The van der Waals surface area contributed by atoms with Gasteiger partial charge in [-0.2, -0.15) is 0 Å². The number of hydrogen-bond acceptors (Lipinski definition) is 3. The number of nitrogens with zero attached hydrogens (tertiary/aromatic N) is 1. The van der Waals surface area contributed by atoms with Gasteiger partial charge in [0.25, 0.3) is 5.91 Å². The summed E-state index contributed by atoms with van der Waals surface area (Å²) in [6.07, 6.45) is 0. The lowest BCUT2D eigenvalue weighted by molar-refractivity contribution is -0.128. The van der Waals surface area contributed by atoms with Gasteiger partial charge in [-0.25, -0.2) is 0 Å². The first-order valence-electron chi connectivity index (χ1n) is 9.02. The number of benzene rings is 2. The highest BCUT2D eigenvalue weighted by atomic mass is 16.2. The molecule has 0 aliphatic heterocycles. The molecule has 26 heavy (non-hydrogen) atoms. The fourth-order valence-corrected chi connectivity index (χ4v) is 2.74. The van der Waals surface area contributed by atoms with Crippen molar-refractivity contribution in [2.24, 2.45) is 0 Å². The molecule has 138 valence electrons. The highest BCUT2D eigenvalue weighted by molar-refractivity contribution is 5.95. The smallest absolute Gasteiger partial charge is 0.251 e. The fraction of sp³-hybridized carbons (Fsp3) is 0.333. The Labute approximate surface area is 155 Å². The van der Waals surface area contributed by atoms with Crippen molar-refractivity contribution in [3.63, 3.8) is 0 Å². The molecular formula is C21H27N3O2. The van der Waals surface area contributed by atoms with Crippen LogP contribution in [0.5, 0.6) is 0 Å². The van der Waals surface area contributed by atoms with E-state index in [9.17, 15) is 9.59 Å². The molecule has 0 aromatic heterocycles. The normalized spacial score (nSPS) is 11.5. The molecule has 1 unspecified atom stereocenters. The number of carbonyl (C=O) groups is 2. The molecule has 1 atom stereocenters. The van der Waals surface area contributed by atoms with E-state index in [4.69, 9.17) is 0 Å². The van der Waals surface area contributed by atoms with Gasteiger partial charge in [-0.05, 0) is 44.5 Å². The van der Waals surface area contributed by atoms with Crippen molar-refractivity contribution < 1.29 is 9.59 Å². The van der Waals surface area contributed by atoms with Crippen molar-refractivity contribution in [1.29, 1.82) is 0 Å². The first kappa shape index (κ1) is 19.5. The van der Waals surface area contributed by atoms with Crippen molar-refractivity contribution in [3.05, 3.63) is 65.7 Å². The maximum Gasteiger partial charge on any atom is 0.251 e. The minimum absolute atomic E-state index is 0.0440. The van der Waals surface area contributed by atoms with Gasteiger partial charge in [0.15, 0.2) is 0 Å². The molecule has 2 amide bonds. The van der Waals surface area contributed by atoms with E-state index in [2.05, 4.69) is 10.6 Å². The van der Waals surface area contributed by atoms with E-state index >= 15 is 0 Å². The lowest BCUT2D eigenvalue weighted by Crippen LogP contribution is -2.35. The third kappa shape index (κ3) is 5.34. The van der Waals surface area contributed by atoms with Crippen LogP contribution in [0, 0.1) is 0 Å². The molecule has 0 aliphatic rings. The van der Waals surface area contributed by atoms with Gasteiger partial charge in [0, 0.05) is 24.3 Å². The Morgan fingerprint density at radius 1 is 1.00 bits per heavy atom. The lowest BCUT2D eigenvalue weighted by atomic mass is 10.1. The predicted molar refractivity (Wildman–Crippen MR) is 105 cm³/mol. The maximum absolute atomic E-state index is 12.5. The Balaban J connectivity index is 1.97. The monoisotopic (exact) mass is 353 g/mol. The number of hydrogen-bond donors (Lipinski definition) is 2. The van der Waals surface area contributed by atoms with Crippen LogP contribution in [0.25, 0.3) is 0 Å². The number of rotatable bonds is 8. The molecule has 0 saturated carbocycles. The summed E-state index contributed by atoms with van der Waals surface area (Å²) in [5, 5.41) is 6.10. The molecule has 0 bridgehead atoms. The van der Waals surface area contributed by atoms with Crippen molar-refractivity contribution >= 4 is 17.5 Å². The molecule has 0 heterocycles. The van der Waals surface area contributed by atoms with Crippen molar-refractivity contribution in [1.82, 2.24) is 10.2 Å². The van der Waals surface area contributed by atoms with Crippen LogP contribution < -0.4 is 10.6 Å². The highest BCUT2D eigenvalue weighted by Gasteiger charge is 2.12. The fourth-order valence-electron chi connectivity index (χ4n) is 2.74. The summed E-state index contributed by atoms with van der Waals surface area (Å²) < 4.78 is 0. The zero-order chi connectivity index (χ0) is 18.9. The molecule has 5 nitrogen and oxygen atoms in total. The molecule has 0 spiro atoms. The summed E-state index contributed by atoms with van der Waals surface area (Å²) in [6, 6.07) is 17.0. The third-order valence-electron chi connectivity index (χ3n) is 4.33. The Morgan fingerprint density at radius 3 is 2.35 bits per heavy atom. The van der Waals surface area contributed by atoms with Gasteiger partial charge in [0.05, 0.1) is 12.6 Å². The second-order valence-electron chi connectivity index (χ2n) is 6.11. The molecule has 0 aliphatic carbocycles. The second kappa shape index (κ2) is 9.61. The van der Waals surface area contributed by atoms with Crippen molar-refractivity contribution in [3.8, 4) is 0 Å². The Morgan fingerprint density at radius 2 is 1.69 bits per heavy atom. The number of likely N-dealkylation sites (N-methyl/N-ethyl adjacent to an activating group) is 1. The molecule has 0 radical (unpaired) electrons. The lowest BCUT2D eigenvalue weighted by Gasteiger charge is -2.19. The van der Waals surface area contributed by atoms with Crippen LogP contribution in [0.2, 0.25) is 0 Å². The average molecular weight is 353 g/mol. The minimum Gasteiger partial charge on any atom is -0.376 e. The molecule has 0 saturated heterocycles. The second-order valence-corrected chi connectivity index (χ2v) is 6.11. The number of anilines is 1. The van der Waals surface area contributed by atoms with Crippen LogP contribution in [-0.4, -0.2) is 36.3 Å². The number of nitrogens with one attached hydrogen (secondary N) is 2. The largest absolute Gasteiger partial charge is 0.376 e. The first-order chi connectivity index (χ1) is 12.5. The Bertz CT molecular complexity index is 727. The molecule has 2 rings (SSSR count). The van der Waals surface area contributed by atoms with Crippen molar-refractivity contribution in [2.75, 3.05) is 25.0 Å². The zero-order valence-electron chi connectivity index (χ0n) is 15.7. The summed E-state index contributed by atoms with van der Waals surface area (Å²) in [6.45, 7) is 7.47. The van der Waals surface area contributed by atoms with E-state index in [1.807, 2.05) is 63.2 Å². The molecule has 0 fully saturated rings. The van der Waals surface area contributed by atoms with Gasteiger partial charge in [-0.3, -0.25) is 9.59 Å². The Hall–Kier alpha value is -2.82. The summed E-state index contributed by atoms with van der Waals surface area (Å²) in [4.78, 5) is 26.4. The van der Waals surface area contributed by atoms with E-state index in [0.717, 1.165) is 11.3 Å². The van der Waals surface area contributed by atoms with Crippen LogP contribution in [-0.2, 0) is 4.79 Å². The van der Waals surface area contributed by atoms with Gasteiger partial charge >= 0.3 is 0 Å². The number of carbonyl (C=O) groups excluding carboxylic acids is 2. The summed E-state index contributed by atoms with van der Waals surface area (Å²) in [7, 11) is 0. The molecular weight excluding hydrogens is 326 g/mol. The quantitative estimate of drug-likeness (QED) is 0.764. The topological polar surface area (TPSA) is 61.4 Å². The standard InChI is InChI=1S/C21H27N3O2/c1-4-24(5-2)20(25)15-22-19-13-9-12-18(14-19)21(26)23-16(3)17-10-7-6-8-11-17/h6-14,16,22H,4-5,15H2,1-3H3,(H,23,26). The SMILES string of the molecule is CCN(CC)C(=O)CNc1cccc(C(=O)NC(C)c2ccccc2)c1. The molecule has 2 N–H and O–H groups in total. The van der Waals surface area contributed by atoms with E-state index in [0.29, 0.717) is 18.7 Å². The average Bonchev–Trinajstić information content (AvgIpc) is 2.68. The molecule has 5 heteroatoms. The van der Waals surface area contributed by atoms with Crippen LogP contribution in [0.15, 0.2) is 54.6 Å². The van der Waals surface area contributed by atoms with Crippen molar-refractivity contribution in [2.45, 2.75) is 26.8 Å². The molecule has 2 aromatic carbocycles. The zero-order valence-corrected chi connectivity index (χ0v) is 15.7. The van der Waals surface area contributed by atoms with Crippen LogP contribution >= 0.6 is 0 Å². The van der Waals surface area contributed by atoms with Gasteiger partial charge in [0.2, 0.25) is 5.91 Å². The highest BCUT2D eigenvalue weighted by Crippen LogP contribution is 2.15. The minimum atomic E-state index is -0.139. The van der Waals surface area contributed by atoms with E-state index in [-0.39, 0.29) is 24.4 Å². The summed E-state index contributed by atoms with van der Waals surface area (Å²) in [5.74, 6) is -0.0948. The molecule has 2 aromatic rings. The van der Waals surface area contributed by atoms with E-state index < -0.39 is 0 Å². The third-order valence-corrected chi connectivity index (χ3v) is 4.33.